The van der Waals surface area contributed by atoms with Crippen LogP contribution in [-0.4, -0.2) is 37.7 Å². The third kappa shape index (κ3) is 6.80. The highest BCUT2D eigenvalue weighted by Crippen LogP contribution is 2.32. The van der Waals surface area contributed by atoms with Crippen LogP contribution in [0.25, 0.3) is 11.1 Å². The minimum atomic E-state index is -4.71. The molecule has 0 bridgehead atoms. The van der Waals surface area contributed by atoms with Gasteiger partial charge in [0.25, 0.3) is 0 Å². The quantitative estimate of drug-likeness (QED) is 0.353. The van der Waals surface area contributed by atoms with Crippen molar-refractivity contribution in [3.05, 3.63) is 60.0 Å². The molecule has 0 aliphatic carbocycles. The van der Waals surface area contributed by atoms with Gasteiger partial charge in [0.1, 0.15) is 17.1 Å². The number of aryl methyl sites for hydroxylation is 1. The van der Waals surface area contributed by atoms with E-state index in [2.05, 4.69) is 25.6 Å². The molecule has 2 heterocycles. The van der Waals surface area contributed by atoms with Crippen LogP contribution in [0.15, 0.2) is 48.8 Å². The Bertz CT molecular complexity index is 1210. The molecule has 0 aliphatic rings. The maximum atomic E-state index is 12.9. The lowest BCUT2D eigenvalue weighted by Gasteiger charge is -2.27. The zero-order chi connectivity index (χ0) is 26.0. The molecular weight excluding hydrogens is 480 g/mol. The van der Waals surface area contributed by atoms with Gasteiger partial charge in [-0.3, -0.25) is 0 Å². The molecule has 0 saturated heterocycles. The summed E-state index contributed by atoms with van der Waals surface area (Å²) in [7, 11) is 0. The number of hydrogen-bond acceptors (Lipinski definition) is 6. The molecule has 0 amide bonds. The molecule has 186 valence electrons. The number of carbonyl (C=O) groups is 1. The molecule has 0 saturated carbocycles. The standard InChI is InChI=1S/C22H19F6N5O2/c1-12-7-14(9-15(8-12)31-19-29-6-5-16(32-19)22(26,27)28)13-3-4-17(30-10-13)33-20(2,18(34)35)11-21(23,24)25/h3-10H,11H2,1-2H3,(H,30,33)(H,34,35)(H,29,31,32)/t20-/m0/s1. The van der Waals surface area contributed by atoms with Crippen molar-refractivity contribution in [2.45, 2.75) is 38.2 Å². The summed E-state index contributed by atoms with van der Waals surface area (Å²) in [4.78, 5) is 22.7. The first-order chi connectivity index (χ1) is 16.1. The van der Waals surface area contributed by atoms with Crippen molar-refractivity contribution in [3.8, 4) is 11.1 Å². The Morgan fingerprint density at radius 2 is 1.71 bits per heavy atom. The van der Waals surface area contributed by atoms with E-state index in [0.29, 0.717) is 16.8 Å². The Kier molecular flexibility index (Phi) is 6.90. The third-order valence-electron chi connectivity index (χ3n) is 4.81. The van der Waals surface area contributed by atoms with Gasteiger partial charge in [0, 0.05) is 23.6 Å². The number of nitrogens with zero attached hydrogens (tertiary/aromatic N) is 3. The molecule has 3 N–H and O–H groups in total. The normalized spacial score (nSPS) is 13.7. The molecule has 0 spiro atoms. The number of nitrogens with one attached hydrogen (secondary N) is 2. The smallest absolute Gasteiger partial charge is 0.433 e. The number of halogens is 6. The maximum Gasteiger partial charge on any atom is 0.433 e. The van der Waals surface area contributed by atoms with Gasteiger partial charge >= 0.3 is 18.3 Å². The summed E-state index contributed by atoms with van der Waals surface area (Å²) >= 11 is 0. The van der Waals surface area contributed by atoms with Crippen LogP contribution < -0.4 is 10.6 Å². The van der Waals surface area contributed by atoms with E-state index in [1.807, 2.05) is 0 Å². The highest BCUT2D eigenvalue weighted by Gasteiger charge is 2.45. The van der Waals surface area contributed by atoms with Gasteiger partial charge in [-0.25, -0.2) is 19.7 Å². The van der Waals surface area contributed by atoms with E-state index in [1.54, 1.807) is 25.1 Å². The number of hydrogen-bond donors (Lipinski definition) is 3. The fourth-order valence-electron chi connectivity index (χ4n) is 3.22. The maximum absolute atomic E-state index is 12.9. The Balaban J connectivity index is 1.83. The lowest BCUT2D eigenvalue weighted by atomic mass is 9.97. The van der Waals surface area contributed by atoms with E-state index in [0.717, 1.165) is 24.8 Å². The van der Waals surface area contributed by atoms with Crippen LogP contribution in [0, 0.1) is 6.92 Å². The van der Waals surface area contributed by atoms with Crippen molar-refractivity contribution in [3.63, 3.8) is 0 Å². The van der Waals surface area contributed by atoms with Crippen molar-refractivity contribution in [1.29, 1.82) is 0 Å². The summed E-state index contributed by atoms with van der Waals surface area (Å²) in [5.41, 5.74) is -1.17. The summed E-state index contributed by atoms with van der Waals surface area (Å²) in [6, 6.07) is 8.62. The van der Waals surface area contributed by atoms with Crippen molar-refractivity contribution in [1.82, 2.24) is 15.0 Å². The minimum absolute atomic E-state index is 0.0775. The molecule has 2 aromatic heterocycles. The first kappa shape index (κ1) is 25.7. The van der Waals surface area contributed by atoms with Crippen LogP contribution in [0.3, 0.4) is 0 Å². The molecule has 7 nitrogen and oxygen atoms in total. The van der Waals surface area contributed by atoms with E-state index in [4.69, 9.17) is 0 Å². The van der Waals surface area contributed by atoms with Crippen molar-refractivity contribution in [2.24, 2.45) is 0 Å². The Morgan fingerprint density at radius 3 is 2.29 bits per heavy atom. The number of anilines is 3. The van der Waals surface area contributed by atoms with Crippen LogP contribution in [-0.2, 0) is 11.0 Å². The van der Waals surface area contributed by atoms with E-state index >= 15 is 0 Å². The molecule has 1 aromatic carbocycles. The third-order valence-corrected chi connectivity index (χ3v) is 4.81. The number of benzene rings is 1. The molecule has 1 atom stereocenters. The fourth-order valence-corrected chi connectivity index (χ4v) is 3.22. The van der Waals surface area contributed by atoms with Crippen LogP contribution >= 0.6 is 0 Å². The second-order valence-electron chi connectivity index (χ2n) is 7.96. The fraction of sp³-hybridized carbons (Fsp3) is 0.273. The molecule has 3 rings (SSSR count). The highest BCUT2D eigenvalue weighted by atomic mass is 19.4. The van der Waals surface area contributed by atoms with Crippen LogP contribution in [0.2, 0.25) is 0 Å². The molecule has 13 heteroatoms. The average molecular weight is 499 g/mol. The first-order valence-electron chi connectivity index (χ1n) is 9.98. The molecular formula is C22H19F6N5O2. The topological polar surface area (TPSA) is 100 Å². The van der Waals surface area contributed by atoms with E-state index < -0.39 is 36.0 Å². The zero-order valence-corrected chi connectivity index (χ0v) is 18.3. The monoisotopic (exact) mass is 499 g/mol. The molecule has 0 aliphatic heterocycles. The number of aliphatic carboxylic acids is 1. The largest absolute Gasteiger partial charge is 0.480 e. The lowest BCUT2D eigenvalue weighted by Crippen LogP contribution is -2.47. The van der Waals surface area contributed by atoms with Crippen LogP contribution in [0.4, 0.5) is 43.8 Å². The Morgan fingerprint density at radius 1 is 1.00 bits per heavy atom. The van der Waals surface area contributed by atoms with Gasteiger partial charge in [0.2, 0.25) is 5.95 Å². The number of pyridine rings is 1. The predicted octanol–water partition coefficient (Wildman–Crippen LogP) is 5.82. The molecule has 35 heavy (non-hydrogen) atoms. The number of alkyl halides is 6. The number of rotatable bonds is 7. The summed E-state index contributed by atoms with van der Waals surface area (Å²) in [5, 5.41) is 14.3. The van der Waals surface area contributed by atoms with Crippen LogP contribution in [0.5, 0.6) is 0 Å². The van der Waals surface area contributed by atoms with E-state index in [-0.39, 0.29) is 11.8 Å². The van der Waals surface area contributed by atoms with E-state index in [1.165, 1.54) is 18.3 Å². The molecule has 0 unspecified atom stereocenters. The van der Waals surface area contributed by atoms with Crippen molar-refractivity contribution < 1.29 is 36.2 Å². The zero-order valence-electron chi connectivity index (χ0n) is 18.3. The van der Waals surface area contributed by atoms with Gasteiger partial charge in [-0.05, 0) is 55.3 Å². The van der Waals surface area contributed by atoms with E-state index in [9.17, 15) is 36.2 Å². The number of carboxylic acid groups (broad SMARTS) is 1. The SMILES string of the molecule is Cc1cc(Nc2nccc(C(F)(F)F)n2)cc(-c2ccc(N[C@@](C)(CC(F)(F)F)C(=O)O)nc2)c1. The summed E-state index contributed by atoms with van der Waals surface area (Å²) in [6.07, 6.45) is -8.64. The second-order valence-corrected chi connectivity index (χ2v) is 7.96. The molecule has 3 aromatic rings. The van der Waals surface area contributed by atoms with Crippen molar-refractivity contribution >= 4 is 23.4 Å². The van der Waals surface area contributed by atoms with Crippen molar-refractivity contribution in [2.75, 3.05) is 10.6 Å². The minimum Gasteiger partial charge on any atom is -0.480 e. The molecule has 0 fully saturated rings. The summed E-state index contributed by atoms with van der Waals surface area (Å²) in [6.45, 7) is 2.66. The van der Waals surface area contributed by atoms with Gasteiger partial charge in [0.15, 0.2) is 0 Å². The van der Waals surface area contributed by atoms with Gasteiger partial charge in [-0.1, -0.05) is 6.07 Å². The van der Waals surface area contributed by atoms with Gasteiger partial charge in [-0.15, -0.1) is 0 Å². The lowest BCUT2D eigenvalue weighted by molar-refractivity contribution is -0.163. The summed E-state index contributed by atoms with van der Waals surface area (Å²) in [5.74, 6) is -2.02. The van der Waals surface area contributed by atoms with Gasteiger partial charge in [-0.2, -0.15) is 26.3 Å². The predicted molar refractivity (Wildman–Crippen MR) is 115 cm³/mol. The summed E-state index contributed by atoms with van der Waals surface area (Å²) < 4.78 is 77.1. The van der Waals surface area contributed by atoms with Crippen LogP contribution in [0.1, 0.15) is 24.6 Å². The molecule has 0 radical (unpaired) electrons. The Hall–Kier alpha value is -3.90. The highest BCUT2D eigenvalue weighted by molar-refractivity contribution is 5.82. The van der Waals surface area contributed by atoms with Gasteiger partial charge in [0.05, 0.1) is 6.42 Å². The average Bonchev–Trinajstić information content (AvgIpc) is 2.72. The first-order valence-corrected chi connectivity index (χ1v) is 9.98. The number of aromatic nitrogens is 3. The number of carboxylic acids is 1. The second kappa shape index (κ2) is 9.39. The Labute approximate surface area is 195 Å². The van der Waals surface area contributed by atoms with Gasteiger partial charge < -0.3 is 15.7 Å².